The van der Waals surface area contributed by atoms with Crippen LogP contribution in [-0.4, -0.2) is 50.2 Å². The summed E-state index contributed by atoms with van der Waals surface area (Å²) in [4.78, 5) is 26.9. The number of carbonyl (C=O) groups is 1. The number of benzene rings is 2. The van der Waals surface area contributed by atoms with Crippen molar-refractivity contribution in [2.75, 3.05) is 54.3 Å². The number of nitrogens with one attached hydrogen (secondary N) is 1. The van der Waals surface area contributed by atoms with Crippen LogP contribution in [0.4, 0.5) is 43.3 Å². The van der Waals surface area contributed by atoms with Gasteiger partial charge in [0.1, 0.15) is 11.4 Å². The monoisotopic (exact) mass is 480 g/mol. The number of amides is 1. The molecule has 35 heavy (non-hydrogen) atoms. The van der Waals surface area contributed by atoms with Crippen molar-refractivity contribution in [1.82, 2.24) is 9.97 Å². The molecule has 0 aliphatic carbocycles. The summed E-state index contributed by atoms with van der Waals surface area (Å²) in [5, 5.41) is 3.16. The second-order valence-corrected chi connectivity index (χ2v) is 8.64. The van der Waals surface area contributed by atoms with E-state index in [1.807, 2.05) is 18.2 Å². The van der Waals surface area contributed by atoms with E-state index >= 15 is 0 Å². The van der Waals surface area contributed by atoms with E-state index in [-0.39, 0.29) is 23.0 Å². The predicted molar refractivity (Wildman–Crippen MR) is 132 cm³/mol. The quantitative estimate of drug-likeness (QED) is 0.572. The zero-order chi connectivity index (χ0) is 24.7. The number of hydrogen-bond donors (Lipinski definition) is 1. The molecule has 8 nitrogen and oxygen atoms in total. The van der Waals surface area contributed by atoms with Crippen molar-refractivity contribution >= 4 is 40.4 Å². The molecule has 1 amide bonds. The summed E-state index contributed by atoms with van der Waals surface area (Å²) >= 11 is 0. The smallest absolute Gasteiger partial charge is 0.260 e. The number of nitrogens with zero attached hydrogens (tertiary/aromatic N) is 5. The van der Waals surface area contributed by atoms with E-state index in [1.54, 1.807) is 14.2 Å². The molecular formula is C25H26F2N6O2. The molecule has 0 atom stereocenters. The Balaban J connectivity index is 1.51. The van der Waals surface area contributed by atoms with E-state index in [2.05, 4.69) is 20.2 Å². The van der Waals surface area contributed by atoms with Crippen molar-refractivity contribution in [3.8, 4) is 5.75 Å². The summed E-state index contributed by atoms with van der Waals surface area (Å²) in [5.74, 6) is -1.52. The summed E-state index contributed by atoms with van der Waals surface area (Å²) in [7, 11) is 4.68. The number of fused-ring (bicyclic) bond motifs is 2. The fourth-order valence-electron chi connectivity index (χ4n) is 4.60. The van der Waals surface area contributed by atoms with E-state index in [0.29, 0.717) is 17.1 Å². The third-order valence-corrected chi connectivity index (χ3v) is 6.52. The molecule has 5 rings (SSSR count). The van der Waals surface area contributed by atoms with E-state index in [0.717, 1.165) is 24.8 Å². The van der Waals surface area contributed by atoms with Crippen LogP contribution in [0.25, 0.3) is 0 Å². The van der Waals surface area contributed by atoms with Gasteiger partial charge < -0.3 is 24.8 Å². The van der Waals surface area contributed by atoms with Gasteiger partial charge in [-0.1, -0.05) is 0 Å². The normalized spacial score (nSPS) is 15.5. The molecule has 0 saturated carbocycles. The Hall–Kier alpha value is -3.95. The molecular weight excluding hydrogens is 454 g/mol. The fourth-order valence-corrected chi connectivity index (χ4v) is 4.60. The van der Waals surface area contributed by atoms with Gasteiger partial charge in [0.05, 0.1) is 30.2 Å². The van der Waals surface area contributed by atoms with E-state index in [9.17, 15) is 13.6 Å². The van der Waals surface area contributed by atoms with E-state index in [4.69, 9.17) is 4.74 Å². The van der Waals surface area contributed by atoms with Crippen molar-refractivity contribution in [3.05, 3.63) is 53.7 Å². The zero-order valence-electron chi connectivity index (χ0n) is 19.8. The molecule has 2 aromatic carbocycles. The number of methoxy groups -OCH3 is 1. The third kappa shape index (κ3) is 3.98. The first-order valence-corrected chi connectivity index (χ1v) is 11.5. The molecule has 3 heterocycles. The van der Waals surface area contributed by atoms with Crippen LogP contribution in [-0.2, 0) is 0 Å². The fraction of sp³-hybridized carbons (Fsp3) is 0.320. The zero-order valence-corrected chi connectivity index (χ0v) is 19.8. The molecule has 2 aliphatic rings. The van der Waals surface area contributed by atoms with Crippen LogP contribution in [0.15, 0.2) is 36.5 Å². The highest BCUT2D eigenvalue weighted by Gasteiger charge is 2.32. The first-order chi connectivity index (χ1) is 16.9. The van der Waals surface area contributed by atoms with Gasteiger partial charge in [0.25, 0.3) is 5.91 Å². The molecule has 1 saturated heterocycles. The first-order valence-electron chi connectivity index (χ1n) is 11.5. The number of halogens is 2. The maximum Gasteiger partial charge on any atom is 0.260 e. The highest BCUT2D eigenvalue weighted by atomic mass is 19.2. The maximum absolute atomic E-state index is 14.8. The van der Waals surface area contributed by atoms with Crippen molar-refractivity contribution in [2.24, 2.45) is 0 Å². The van der Waals surface area contributed by atoms with Crippen LogP contribution in [0.2, 0.25) is 0 Å². The molecule has 1 aromatic heterocycles. The Labute approximate surface area is 202 Å². The van der Waals surface area contributed by atoms with E-state index < -0.39 is 17.5 Å². The molecule has 0 spiro atoms. The molecule has 0 unspecified atom stereocenters. The lowest BCUT2D eigenvalue weighted by atomic mass is 10.1. The molecule has 1 fully saturated rings. The highest BCUT2D eigenvalue weighted by molar-refractivity contribution is 6.13. The Kier molecular flexibility index (Phi) is 5.88. The molecule has 182 valence electrons. The molecule has 1 N–H and O–H groups in total. The second kappa shape index (κ2) is 9.01. The van der Waals surface area contributed by atoms with Gasteiger partial charge in [0.15, 0.2) is 17.5 Å². The van der Waals surface area contributed by atoms with Gasteiger partial charge in [-0.3, -0.25) is 4.79 Å². The SMILES string of the molecule is COc1cc(N2CCCCC2)ccc1Nc1ncc2c(n1)N(C)c1c(ccc(F)c1F)C(=O)N2C. The average molecular weight is 481 g/mol. The van der Waals surface area contributed by atoms with Gasteiger partial charge in [-0.15, -0.1) is 0 Å². The number of ether oxygens (including phenoxy) is 1. The minimum atomic E-state index is -1.11. The van der Waals surface area contributed by atoms with Gasteiger partial charge in [-0.05, 0) is 43.5 Å². The van der Waals surface area contributed by atoms with Crippen LogP contribution >= 0.6 is 0 Å². The van der Waals surface area contributed by atoms with Gasteiger partial charge in [-0.25, -0.2) is 13.8 Å². The van der Waals surface area contributed by atoms with Crippen LogP contribution in [0, 0.1) is 11.6 Å². The van der Waals surface area contributed by atoms with Crippen LogP contribution in [0.3, 0.4) is 0 Å². The van der Waals surface area contributed by atoms with Gasteiger partial charge >= 0.3 is 0 Å². The Morgan fingerprint density at radius 1 is 1.03 bits per heavy atom. The summed E-state index contributed by atoms with van der Waals surface area (Å²) in [6.07, 6.45) is 5.07. The number of aromatic nitrogens is 2. The van der Waals surface area contributed by atoms with Crippen LogP contribution in [0.1, 0.15) is 29.6 Å². The minimum Gasteiger partial charge on any atom is -0.494 e. The van der Waals surface area contributed by atoms with Crippen LogP contribution in [0.5, 0.6) is 5.75 Å². The Morgan fingerprint density at radius 3 is 2.54 bits per heavy atom. The summed E-state index contributed by atoms with van der Waals surface area (Å²) in [6.45, 7) is 2.03. The summed E-state index contributed by atoms with van der Waals surface area (Å²) in [5.41, 5.74) is 1.98. The molecule has 0 radical (unpaired) electrons. The van der Waals surface area contributed by atoms with Crippen molar-refractivity contribution in [1.29, 1.82) is 0 Å². The summed E-state index contributed by atoms with van der Waals surface area (Å²) in [6, 6.07) is 8.12. The van der Waals surface area contributed by atoms with Crippen molar-refractivity contribution in [2.45, 2.75) is 19.3 Å². The second-order valence-electron chi connectivity index (χ2n) is 8.64. The number of piperidine rings is 1. The molecule has 10 heteroatoms. The van der Waals surface area contributed by atoms with Gasteiger partial charge in [0, 0.05) is 38.9 Å². The van der Waals surface area contributed by atoms with Crippen molar-refractivity contribution in [3.63, 3.8) is 0 Å². The number of rotatable bonds is 4. The average Bonchev–Trinajstić information content (AvgIpc) is 2.96. The topological polar surface area (TPSA) is 73.8 Å². The minimum absolute atomic E-state index is 0.0383. The lowest BCUT2D eigenvalue weighted by Crippen LogP contribution is -2.29. The third-order valence-electron chi connectivity index (χ3n) is 6.52. The highest BCUT2D eigenvalue weighted by Crippen LogP contribution is 2.40. The lowest BCUT2D eigenvalue weighted by Gasteiger charge is -2.29. The van der Waals surface area contributed by atoms with Gasteiger partial charge in [0.2, 0.25) is 5.95 Å². The number of hydrogen-bond acceptors (Lipinski definition) is 7. The first kappa shape index (κ1) is 22.8. The number of anilines is 6. The molecule has 3 aromatic rings. The lowest BCUT2D eigenvalue weighted by molar-refractivity contribution is 0.0994. The number of carbonyl (C=O) groups excluding carboxylic acids is 1. The molecule has 2 aliphatic heterocycles. The van der Waals surface area contributed by atoms with E-state index in [1.165, 1.54) is 48.4 Å². The Bertz CT molecular complexity index is 1300. The maximum atomic E-state index is 14.8. The standard InChI is InChI=1S/C25H26F2N6O2/c1-31-19-14-28-25(29-18-10-7-15(13-20(18)35-3)33-11-5-4-6-12-33)30-23(19)32(2)22-16(24(31)34)8-9-17(26)21(22)27/h7-10,13-14H,4-6,11-12H2,1-3H3,(H,28,29,30). The van der Waals surface area contributed by atoms with Gasteiger partial charge in [-0.2, -0.15) is 4.98 Å². The van der Waals surface area contributed by atoms with Crippen LogP contribution < -0.4 is 24.8 Å². The predicted octanol–water partition coefficient (Wildman–Crippen LogP) is 4.86. The summed E-state index contributed by atoms with van der Waals surface area (Å²) < 4.78 is 34.4. The molecule has 0 bridgehead atoms. The van der Waals surface area contributed by atoms with Crippen molar-refractivity contribution < 1.29 is 18.3 Å². The Morgan fingerprint density at radius 2 is 1.80 bits per heavy atom. The largest absolute Gasteiger partial charge is 0.494 e.